The first kappa shape index (κ1) is 9.96. The number of aryl methyl sites for hydroxylation is 2. The summed E-state index contributed by atoms with van der Waals surface area (Å²) in [5.74, 6) is 0. The van der Waals surface area contributed by atoms with Gasteiger partial charge < -0.3 is 5.73 Å². The molecule has 2 rings (SSSR count). The number of rotatable bonds is 2. The lowest BCUT2D eigenvalue weighted by Gasteiger charge is -2.36. The maximum absolute atomic E-state index is 6.13. The van der Waals surface area contributed by atoms with Gasteiger partial charge >= 0.3 is 0 Å². The summed E-state index contributed by atoms with van der Waals surface area (Å²) in [7, 11) is 1.92. The first-order valence-electron chi connectivity index (χ1n) is 4.74. The second-order valence-electron chi connectivity index (χ2n) is 3.92. The van der Waals surface area contributed by atoms with Crippen molar-refractivity contribution >= 4 is 11.6 Å². The summed E-state index contributed by atoms with van der Waals surface area (Å²) in [5, 5.41) is 5.05. The van der Waals surface area contributed by atoms with Crippen molar-refractivity contribution < 1.29 is 0 Å². The number of likely N-dealkylation sites (tertiary alicyclic amines) is 1. The minimum absolute atomic E-state index is 0.336. The summed E-state index contributed by atoms with van der Waals surface area (Å²) >= 11 is 6.13. The predicted molar refractivity (Wildman–Crippen MR) is 56.2 cm³/mol. The SMILES string of the molecule is Cc1nn(C)c(CN2CC(N)C2)c1Cl. The Labute approximate surface area is 88.6 Å². The molecule has 0 atom stereocenters. The molecular formula is C9H15ClN4. The monoisotopic (exact) mass is 214 g/mol. The first-order valence-corrected chi connectivity index (χ1v) is 5.11. The Kier molecular flexibility index (Phi) is 2.51. The molecular weight excluding hydrogens is 200 g/mol. The van der Waals surface area contributed by atoms with Crippen molar-refractivity contribution in [2.45, 2.75) is 19.5 Å². The van der Waals surface area contributed by atoms with E-state index in [0.29, 0.717) is 6.04 Å². The third kappa shape index (κ3) is 1.65. The lowest BCUT2D eigenvalue weighted by Crippen LogP contribution is -2.55. The average Bonchev–Trinajstić information content (AvgIpc) is 2.29. The van der Waals surface area contributed by atoms with Crippen LogP contribution in [0.4, 0.5) is 0 Å². The highest BCUT2D eigenvalue weighted by molar-refractivity contribution is 6.31. The molecule has 1 fully saturated rings. The highest BCUT2D eigenvalue weighted by Gasteiger charge is 2.25. The lowest BCUT2D eigenvalue weighted by atomic mass is 10.1. The quantitative estimate of drug-likeness (QED) is 0.781. The normalized spacial score (nSPS) is 18.6. The Morgan fingerprint density at radius 3 is 2.64 bits per heavy atom. The molecule has 2 heterocycles. The van der Waals surface area contributed by atoms with Crippen LogP contribution >= 0.6 is 11.6 Å². The Bertz CT molecular complexity index is 341. The summed E-state index contributed by atoms with van der Waals surface area (Å²) in [6.07, 6.45) is 0. The minimum Gasteiger partial charge on any atom is -0.325 e. The number of aromatic nitrogens is 2. The zero-order valence-electron chi connectivity index (χ0n) is 8.50. The molecule has 0 spiro atoms. The third-order valence-corrected chi connectivity index (χ3v) is 3.11. The number of halogens is 1. The van der Waals surface area contributed by atoms with Crippen LogP contribution in [0.15, 0.2) is 0 Å². The zero-order chi connectivity index (χ0) is 10.3. The van der Waals surface area contributed by atoms with Crippen molar-refractivity contribution in [1.29, 1.82) is 0 Å². The average molecular weight is 215 g/mol. The molecule has 4 nitrogen and oxygen atoms in total. The van der Waals surface area contributed by atoms with Gasteiger partial charge in [0.2, 0.25) is 0 Å². The van der Waals surface area contributed by atoms with Crippen LogP contribution in [-0.4, -0.2) is 33.8 Å². The van der Waals surface area contributed by atoms with Gasteiger partial charge in [0, 0.05) is 32.7 Å². The van der Waals surface area contributed by atoms with E-state index in [0.717, 1.165) is 36.0 Å². The molecule has 0 bridgehead atoms. The molecule has 0 amide bonds. The van der Waals surface area contributed by atoms with Gasteiger partial charge in [-0.2, -0.15) is 5.10 Å². The van der Waals surface area contributed by atoms with E-state index in [9.17, 15) is 0 Å². The minimum atomic E-state index is 0.336. The maximum Gasteiger partial charge on any atom is 0.0860 e. The highest BCUT2D eigenvalue weighted by Crippen LogP contribution is 2.22. The molecule has 1 saturated heterocycles. The van der Waals surface area contributed by atoms with E-state index in [4.69, 9.17) is 17.3 Å². The molecule has 78 valence electrons. The number of hydrogen-bond donors (Lipinski definition) is 1. The van der Waals surface area contributed by atoms with E-state index >= 15 is 0 Å². The Morgan fingerprint density at radius 2 is 2.21 bits per heavy atom. The molecule has 1 aromatic rings. The highest BCUT2D eigenvalue weighted by atomic mass is 35.5. The molecule has 1 aromatic heterocycles. The van der Waals surface area contributed by atoms with Gasteiger partial charge in [0.05, 0.1) is 16.4 Å². The van der Waals surface area contributed by atoms with Crippen molar-refractivity contribution in [3.8, 4) is 0 Å². The second kappa shape index (κ2) is 3.53. The molecule has 0 aromatic carbocycles. The molecule has 2 N–H and O–H groups in total. The lowest BCUT2D eigenvalue weighted by molar-refractivity contribution is 0.139. The maximum atomic E-state index is 6.13. The van der Waals surface area contributed by atoms with Gasteiger partial charge in [-0.1, -0.05) is 11.6 Å². The van der Waals surface area contributed by atoms with Crippen molar-refractivity contribution in [2.75, 3.05) is 13.1 Å². The molecule has 5 heteroatoms. The van der Waals surface area contributed by atoms with Crippen LogP contribution in [0.25, 0.3) is 0 Å². The fourth-order valence-electron chi connectivity index (χ4n) is 1.80. The van der Waals surface area contributed by atoms with Crippen LogP contribution in [0.3, 0.4) is 0 Å². The standard InChI is InChI=1S/C9H15ClN4/c1-6-9(10)8(13(2)12-6)5-14-3-7(11)4-14/h7H,3-5,11H2,1-2H3. The van der Waals surface area contributed by atoms with Crippen LogP contribution in [-0.2, 0) is 13.6 Å². The van der Waals surface area contributed by atoms with E-state index in [1.165, 1.54) is 0 Å². The van der Waals surface area contributed by atoms with Crippen molar-refractivity contribution in [3.05, 3.63) is 16.4 Å². The Balaban J connectivity index is 2.09. The molecule has 1 aliphatic rings. The summed E-state index contributed by atoms with van der Waals surface area (Å²) in [5.41, 5.74) is 7.68. The van der Waals surface area contributed by atoms with Crippen LogP contribution in [0, 0.1) is 6.92 Å². The summed E-state index contributed by atoms with van der Waals surface area (Å²) in [6.45, 7) is 4.69. The van der Waals surface area contributed by atoms with Gasteiger partial charge in [0.1, 0.15) is 0 Å². The van der Waals surface area contributed by atoms with Gasteiger partial charge in [-0.25, -0.2) is 0 Å². The molecule has 0 saturated carbocycles. The van der Waals surface area contributed by atoms with E-state index in [1.54, 1.807) is 0 Å². The van der Waals surface area contributed by atoms with Gasteiger partial charge in [0.15, 0.2) is 0 Å². The predicted octanol–water partition coefficient (Wildman–Crippen LogP) is 0.525. The molecule has 0 unspecified atom stereocenters. The fourth-order valence-corrected chi connectivity index (χ4v) is 2.02. The summed E-state index contributed by atoms with van der Waals surface area (Å²) in [4.78, 5) is 2.27. The Morgan fingerprint density at radius 1 is 1.57 bits per heavy atom. The van der Waals surface area contributed by atoms with Crippen molar-refractivity contribution in [1.82, 2.24) is 14.7 Å². The topological polar surface area (TPSA) is 47.1 Å². The number of hydrogen-bond acceptors (Lipinski definition) is 3. The van der Waals surface area contributed by atoms with Gasteiger partial charge in [0.25, 0.3) is 0 Å². The van der Waals surface area contributed by atoms with E-state index in [1.807, 2.05) is 18.7 Å². The summed E-state index contributed by atoms with van der Waals surface area (Å²) in [6, 6.07) is 0.336. The van der Waals surface area contributed by atoms with Gasteiger partial charge in [-0.05, 0) is 6.92 Å². The van der Waals surface area contributed by atoms with E-state index in [2.05, 4.69) is 10.00 Å². The van der Waals surface area contributed by atoms with Gasteiger partial charge in [-0.15, -0.1) is 0 Å². The molecule has 14 heavy (non-hydrogen) atoms. The molecule has 0 radical (unpaired) electrons. The van der Waals surface area contributed by atoms with Crippen LogP contribution in [0.5, 0.6) is 0 Å². The zero-order valence-corrected chi connectivity index (χ0v) is 9.25. The Hall–Kier alpha value is -0.580. The van der Waals surface area contributed by atoms with Gasteiger partial charge in [-0.3, -0.25) is 9.58 Å². The number of nitrogens with two attached hydrogens (primary N) is 1. The number of nitrogens with zero attached hydrogens (tertiary/aromatic N) is 3. The van der Waals surface area contributed by atoms with E-state index < -0.39 is 0 Å². The second-order valence-corrected chi connectivity index (χ2v) is 4.30. The molecule has 0 aliphatic carbocycles. The van der Waals surface area contributed by atoms with Crippen LogP contribution in [0.2, 0.25) is 5.02 Å². The summed E-state index contributed by atoms with van der Waals surface area (Å²) < 4.78 is 1.85. The van der Waals surface area contributed by atoms with Crippen molar-refractivity contribution in [2.24, 2.45) is 12.8 Å². The largest absolute Gasteiger partial charge is 0.325 e. The van der Waals surface area contributed by atoms with Crippen LogP contribution < -0.4 is 5.73 Å². The van der Waals surface area contributed by atoms with Crippen molar-refractivity contribution in [3.63, 3.8) is 0 Å². The van der Waals surface area contributed by atoms with Crippen LogP contribution in [0.1, 0.15) is 11.4 Å². The third-order valence-electron chi connectivity index (χ3n) is 2.62. The first-order chi connectivity index (χ1) is 6.58. The molecule has 1 aliphatic heterocycles. The smallest absolute Gasteiger partial charge is 0.0860 e. The van der Waals surface area contributed by atoms with E-state index in [-0.39, 0.29) is 0 Å². The fraction of sp³-hybridized carbons (Fsp3) is 0.667.